The Morgan fingerprint density at radius 2 is 1.69 bits per heavy atom. The molecule has 2 aliphatic heterocycles. The first kappa shape index (κ1) is 11.4. The van der Waals surface area contributed by atoms with Gasteiger partial charge in [-0.25, -0.2) is 0 Å². The number of amides is 2. The molecule has 2 fully saturated rings. The van der Waals surface area contributed by atoms with Crippen molar-refractivity contribution in [2.75, 3.05) is 26.2 Å². The van der Waals surface area contributed by atoms with Gasteiger partial charge in [0.1, 0.15) is 0 Å². The minimum atomic E-state index is 0.100. The predicted octanol–water partition coefficient (Wildman–Crippen LogP) is -0.586. The maximum atomic E-state index is 12.0. The van der Waals surface area contributed by atoms with Gasteiger partial charge in [0.05, 0.1) is 0 Å². The van der Waals surface area contributed by atoms with Crippen LogP contribution in [0.4, 0.5) is 0 Å². The highest BCUT2D eigenvalue weighted by Gasteiger charge is 2.34. The minimum absolute atomic E-state index is 0.100. The van der Waals surface area contributed by atoms with Gasteiger partial charge < -0.3 is 15.5 Å². The van der Waals surface area contributed by atoms with Gasteiger partial charge in [-0.05, 0) is 12.8 Å². The Bertz CT molecular complexity index is 292. The van der Waals surface area contributed by atoms with Crippen LogP contribution in [0.25, 0.3) is 0 Å². The van der Waals surface area contributed by atoms with Gasteiger partial charge in [0.2, 0.25) is 11.8 Å². The number of nitrogens with two attached hydrogens (primary N) is 1. The summed E-state index contributed by atoms with van der Waals surface area (Å²) in [5, 5.41) is 0. The fourth-order valence-corrected chi connectivity index (χ4v) is 2.39. The molecule has 0 bridgehead atoms. The van der Waals surface area contributed by atoms with E-state index in [1.54, 1.807) is 6.92 Å². The average Bonchev–Trinajstić information content (AvgIpc) is 2.24. The number of carbonyl (C=O) groups excluding carboxylic acids is 2. The maximum Gasteiger partial charge on any atom is 0.225 e. The molecule has 2 aliphatic rings. The number of hydrogen-bond donors (Lipinski definition) is 1. The van der Waals surface area contributed by atoms with E-state index in [9.17, 15) is 9.59 Å². The van der Waals surface area contributed by atoms with Crippen LogP contribution in [-0.4, -0.2) is 53.8 Å². The minimum Gasteiger partial charge on any atom is -0.343 e. The van der Waals surface area contributed by atoms with Crippen molar-refractivity contribution >= 4 is 11.8 Å². The zero-order valence-electron chi connectivity index (χ0n) is 9.69. The lowest BCUT2D eigenvalue weighted by molar-refractivity contribution is -0.143. The van der Waals surface area contributed by atoms with Crippen molar-refractivity contribution in [2.24, 2.45) is 11.7 Å². The molecular formula is C11H19N3O2. The van der Waals surface area contributed by atoms with Gasteiger partial charge in [-0.3, -0.25) is 9.59 Å². The molecule has 0 atom stereocenters. The van der Waals surface area contributed by atoms with Crippen molar-refractivity contribution < 1.29 is 9.59 Å². The third-order valence-corrected chi connectivity index (χ3v) is 3.51. The second-order valence-electron chi connectivity index (χ2n) is 4.78. The van der Waals surface area contributed by atoms with Gasteiger partial charge in [0.15, 0.2) is 0 Å². The molecule has 2 saturated heterocycles. The van der Waals surface area contributed by atoms with Gasteiger partial charge >= 0.3 is 0 Å². The van der Waals surface area contributed by atoms with Crippen LogP contribution >= 0.6 is 0 Å². The first-order chi connectivity index (χ1) is 7.58. The van der Waals surface area contributed by atoms with Crippen LogP contribution in [0.1, 0.15) is 19.8 Å². The summed E-state index contributed by atoms with van der Waals surface area (Å²) in [6, 6.07) is 0.168. The Morgan fingerprint density at radius 1 is 1.12 bits per heavy atom. The molecule has 0 aromatic rings. The van der Waals surface area contributed by atoms with E-state index >= 15 is 0 Å². The van der Waals surface area contributed by atoms with Crippen molar-refractivity contribution in [2.45, 2.75) is 25.8 Å². The van der Waals surface area contributed by atoms with Crippen LogP contribution in [0, 0.1) is 5.92 Å². The van der Waals surface area contributed by atoms with E-state index in [0.29, 0.717) is 26.2 Å². The molecule has 0 unspecified atom stereocenters. The fraction of sp³-hybridized carbons (Fsp3) is 0.818. The van der Waals surface area contributed by atoms with E-state index < -0.39 is 0 Å². The van der Waals surface area contributed by atoms with E-state index in [2.05, 4.69) is 0 Å². The highest BCUT2D eigenvalue weighted by atomic mass is 16.2. The molecule has 0 spiro atoms. The monoisotopic (exact) mass is 225 g/mol. The Labute approximate surface area is 95.6 Å². The van der Waals surface area contributed by atoms with Crippen LogP contribution < -0.4 is 5.73 Å². The molecule has 90 valence electrons. The highest BCUT2D eigenvalue weighted by Crippen LogP contribution is 2.21. The Balaban J connectivity index is 1.80. The highest BCUT2D eigenvalue weighted by molar-refractivity contribution is 5.80. The molecule has 2 N–H and O–H groups in total. The van der Waals surface area contributed by atoms with Crippen LogP contribution in [0.15, 0.2) is 0 Å². The lowest BCUT2D eigenvalue weighted by Crippen LogP contribution is -2.59. The third-order valence-electron chi connectivity index (χ3n) is 3.51. The summed E-state index contributed by atoms with van der Waals surface area (Å²) in [5.41, 5.74) is 5.65. The standard InChI is InChI=1S/C11H19N3O2/c1-8(15)13-4-2-9(3-5-13)11(16)14-6-10(12)7-14/h9-10H,2-7,12H2,1H3. The van der Waals surface area contributed by atoms with E-state index in [0.717, 1.165) is 12.8 Å². The largest absolute Gasteiger partial charge is 0.343 e. The van der Waals surface area contributed by atoms with Crippen LogP contribution in [0.3, 0.4) is 0 Å². The molecule has 0 saturated carbocycles. The number of nitrogens with zero attached hydrogens (tertiary/aromatic N) is 2. The maximum absolute atomic E-state index is 12.0. The SMILES string of the molecule is CC(=O)N1CCC(C(=O)N2CC(N)C2)CC1. The number of rotatable bonds is 1. The first-order valence-corrected chi connectivity index (χ1v) is 5.88. The molecule has 2 amide bonds. The second kappa shape index (κ2) is 4.41. The molecule has 0 aromatic carbocycles. The Hall–Kier alpha value is -1.10. The molecule has 5 heteroatoms. The Kier molecular flexibility index (Phi) is 3.14. The molecule has 2 rings (SSSR count). The normalized spacial score (nSPS) is 23.1. The van der Waals surface area contributed by atoms with Crippen molar-refractivity contribution in [3.05, 3.63) is 0 Å². The lowest BCUT2D eigenvalue weighted by atomic mass is 9.93. The zero-order chi connectivity index (χ0) is 11.7. The topological polar surface area (TPSA) is 66.6 Å². The molecule has 16 heavy (non-hydrogen) atoms. The number of carbonyl (C=O) groups is 2. The molecular weight excluding hydrogens is 206 g/mol. The van der Waals surface area contributed by atoms with E-state index in [1.807, 2.05) is 9.80 Å². The fourth-order valence-electron chi connectivity index (χ4n) is 2.39. The molecule has 5 nitrogen and oxygen atoms in total. The summed E-state index contributed by atoms with van der Waals surface area (Å²) in [6.07, 6.45) is 1.59. The van der Waals surface area contributed by atoms with E-state index in [1.165, 1.54) is 0 Å². The summed E-state index contributed by atoms with van der Waals surface area (Å²) in [5.74, 6) is 0.435. The zero-order valence-corrected chi connectivity index (χ0v) is 9.69. The average molecular weight is 225 g/mol. The molecule has 2 heterocycles. The summed E-state index contributed by atoms with van der Waals surface area (Å²) in [6.45, 7) is 4.41. The van der Waals surface area contributed by atoms with Crippen LogP contribution in [-0.2, 0) is 9.59 Å². The number of piperidine rings is 1. The molecule has 0 aliphatic carbocycles. The van der Waals surface area contributed by atoms with Gasteiger partial charge in [-0.15, -0.1) is 0 Å². The van der Waals surface area contributed by atoms with Gasteiger partial charge in [0.25, 0.3) is 0 Å². The van der Waals surface area contributed by atoms with Gasteiger partial charge in [0, 0.05) is 45.1 Å². The van der Waals surface area contributed by atoms with E-state index in [4.69, 9.17) is 5.73 Å². The van der Waals surface area contributed by atoms with Crippen molar-refractivity contribution in [1.82, 2.24) is 9.80 Å². The van der Waals surface area contributed by atoms with Crippen molar-refractivity contribution in [3.8, 4) is 0 Å². The van der Waals surface area contributed by atoms with Crippen LogP contribution in [0.5, 0.6) is 0 Å². The number of hydrogen-bond acceptors (Lipinski definition) is 3. The Morgan fingerprint density at radius 3 is 2.12 bits per heavy atom. The summed E-state index contributed by atoms with van der Waals surface area (Å²) < 4.78 is 0. The van der Waals surface area contributed by atoms with Crippen molar-refractivity contribution in [3.63, 3.8) is 0 Å². The third kappa shape index (κ3) is 2.19. The first-order valence-electron chi connectivity index (χ1n) is 5.88. The van der Waals surface area contributed by atoms with Gasteiger partial charge in [-0.2, -0.15) is 0 Å². The summed E-state index contributed by atoms with van der Waals surface area (Å²) >= 11 is 0. The smallest absolute Gasteiger partial charge is 0.225 e. The second-order valence-corrected chi connectivity index (χ2v) is 4.78. The summed E-state index contributed by atoms with van der Waals surface area (Å²) in [7, 11) is 0. The molecule has 0 aromatic heterocycles. The molecule has 0 radical (unpaired) electrons. The lowest BCUT2D eigenvalue weighted by Gasteiger charge is -2.40. The van der Waals surface area contributed by atoms with Crippen molar-refractivity contribution in [1.29, 1.82) is 0 Å². The van der Waals surface area contributed by atoms with E-state index in [-0.39, 0.29) is 23.8 Å². The van der Waals surface area contributed by atoms with Crippen LogP contribution in [0.2, 0.25) is 0 Å². The summed E-state index contributed by atoms with van der Waals surface area (Å²) in [4.78, 5) is 26.7. The number of likely N-dealkylation sites (tertiary alicyclic amines) is 2. The predicted molar refractivity (Wildman–Crippen MR) is 59.5 cm³/mol. The van der Waals surface area contributed by atoms with Gasteiger partial charge in [-0.1, -0.05) is 0 Å². The quantitative estimate of drug-likeness (QED) is 0.649.